The van der Waals surface area contributed by atoms with Gasteiger partial charge >= 0.3 is 0 Å². The van der Waals surface area contributed by atoms with Crippen LogP contribution in [0.25, 0.3) is 0 Å². The quantitative estimate of drug-likeness (QED) is 0.562. The lowest BCUT2D eigenvalue weighted by atomic mass is 9.95. The number of carbonyl (C=O) groups excluding carboxylic acids is 2. The number of aliphatic hydroxyl groups is 1. The number of carbonyl (C=O) groups is 2. The van der Waals surface area contributed by atoms with Crippen LogP contribution in [-0.4, -0.2) is 57.7 Å². The van der Waals surface area contributed by atoms with Crippen LogP contribution in [0.2, 0.25) is 0 Å². The topological polar surface area (TPSA) is 104 Å². The number of para-hydroxylation sites is 1. The van der Waals surface area contributed by atoms with E-state index in [9.17, 15) is 24.8 Å². The fraction of sp³-hybridized carbons (Fsp3) is 0.444. The maximum atomic E-state index is 12.6. The summed E-state index contributed by atoms with van der Waals surface area (Å²) in [6, 6.07) is 5.02. The van der Waals surface area contributed by atoms with E-state index >= 15 is 0 Å². The predicted molar refractivity (Wildman–Crippen MR) is 95.7 cm³/mol. The first-order valence-corrected chi connectivity index (χ1v) is 8.54. The van der Waals surface area contributed by atoms with E-state index in [1.165, 1.54) is 30.0 Å². The zero-order valence-corrected chi connectivity index (χ0v) is 15.1. The summed E-state index contributed by atoms with van der Waals surface area (Å²) >= 11 is 0. The third kappa shape index (κ3) is 3.60. The molecule has 1 aliphatic rings. The van der Waals surface area contributed by atoms with Gasteiger partial charge in [0.1, 0.15) is 0 Å². The minimum atomic E-state index is -0.961. The monoisotopic (exact) mass is 361 g/mol. The maximum Gasteiger partial charge on any atom is 0.290 e. The van der Waals surface area contributed by atoms with Gasteiger partial charge < -0.3 is 14.9 Å². The summed E-state index contributed by atoms with van der Waals surface area (Å²) in [5.41, 5.74) is -0.0601. The average molecular weight is 361 g/mol. The number of hydrogen-bond acceptors (Lipinski definition) is 6. The van der Waals surface area contributed by atoms with Gasteiger partial charge in [-0.3, -0.25) is 19.7 Å². The number of Topliss-reactive ketones (excluding diaryl/α,β-unsaturated/α-hetero) is 1. The number of rotatable bonds is 8. The van der Waals surface area contributed by atoms with Crippen molar-refractivity contribution in [3.8, 4) is 0 Å². The fourth-order valence-electron chi connectivity index (χ4n) is 3.24. The number of nitro groups is 1. The lowest BCUT2D eigenvalue weighted by molar-refractivity contribution is -0.385. The lowest BCUT2D eigenvalue weighted by Crippen LogP contribution is -2.38. The summed E-state index contributed by atoms with van der Waals surface area (Å²) in [5.74, 6) is -1.78. The summed E-state index contributed by atoms with van der Waals surface area (Å²) in [5, 5.41) is 21.6. The molecule has 0 saturated heterocycles. The number of likely N-dealkylation sites (N-methyl/N-ethyl adjacent to an activating group) is 1. The Balaban J connectivity index is 2.50. The highest BCUT2D eigenvalue weighted by molar-refractivity contribution is 6.08. The van der Waals surface area contributed by atoms with Crippen LogP contribution in [0.3, 0.4) is 0 Å². The Bertz CT molecular complexity index is 755. The zero-order valence-electron chi connectivity index (χ0n) is 15.1. The van der Waals surface area contributed by atoms with Crippen LogP contribution in [0.4, 0.5) is 5.69 Å². The van der Waals surface area contributed by atoms with Crippen LogP contribution in [-0.2, 0) is 9.59 Å². The molecule has 2 rings (SSSR count). The van der Waals surface area contributed by atoms with E-state index in [0.717, 1.165) is 13.1 Å². The van der Waals surface area contributed by atoms with Gasteiger partial charge in [0.25, 0.3) is 11.6 Å². The normalized spacial score (nSPS) is 17.3. The molecule has 1 amide bonds. The largest absolute Gasteiger partial charge is 0.503 e. The first-order chi connectivity index (χ1) is 12.3. The highest BCUT2D eigenvalue weighted by atomic mass is 16.6. The molecule has 0 radical (unpaired) electrons. The van der Waals surface area contributed by atoms with E-state index in [2.05, 4.69) is 4.90 Å². The molecule has 0 spiro atoms. The first-order valence-electron chi connectivity index (χ1n) is 8.54. The van der Waals surface area contributed by atoms with Crippen LogP contribution in [0.15, 0.2) is 35.6 Å². The smallest absolute Gasteiger partial charge is 0.290 e. The Hall–Kier alpha value is -2.74. The Morgan fingerprint density at radius 3 is 2.46 bits per heavy atom. The van der Waals surface area contributed by atoms with Crippen molar-refractivity contribution < 1.29 is 19.6 Å². The van der Waals surface area contributed by atoms with Gasteiger partial charge in [-0.25, -0.2) is 0 Å². The van der Waals surface area contributed by atoms with Crippen molar-refractivity contribution in [2.24, 2.45) is 0 Å². The molecule has 1 aromatic carbocycles. The van der Waals surface area contributed by atoms with Gasteiger partial charge in [0.05, 0.1) is 22.1 Å². The number of hydrogen-bond donors (Lipinski definition) is 1. The molecule has 0 unspecified atom stereocenters. The minimum Gasteiger partial charge on any atom is -0.503 e. The predicted octanol–water partition coefficient (Wildman–Crippen LogP) is 2.22. The molecule has 140 valence electrons. The number of nitro benzene ring substituents is 1. The van der Waals surface area contributed by atoms with Crippen molar-refractivity contribution in [2.45, 2.75) is 26.8 Å². The molecular formula is C18H23N3O5. The molecule has 0 saturated carbocycles. The number of amides is 1. The minimum absolute atomic E-state index is 0.0937. The van der Waals surface area contributed by atoms with Crippen LogP contribution in [0, 0.1) is 10.1 Å². The van der Waals surface area contributed by atoms with E-state index in [1.807, 2.05) is 13.8 Å². The number of ketones is 1. The zero-order chi connectivity index (χ0) is 19.4. The third-order valence-electron chi connectivity index (χ3n) is 4.66. The highest BCUT2D eigenvalue weighted by Crippen LogP contribution is 2.40. The Morgan fingerprint density at radius 1 is 1.31 bits per heavy atom. The van der Waals surface area contributed by atoms with E-state index in [4.69, 9.17) is 0 Å². The number of nitrogens with zero attached hydrogens (tertiary/aromatic N) is 3. The molecule has 8 nitrogen and oxygen atoms in total. The van der Waals surface area contributed by atoms with Crippen LogP contribution >= 0.6 is 0 Å². The van der Waals surface area contributed by atoms with E-state index in [0.29, 0.717) is 6.54 Å². The molecule has 8 heteroatoms. The Labute approximate surface area is 151 Å². The lowest BCUT2D eigenvalue weighted by Gasteiger charge is -2.29. The van der Waals surface area contributed by atoms with Gasteiger partial charge in [-0.15, -0.1) is 0 Å². The van der Waals surface area contributed by atoms with Gasteiger partial charge in [-0.2, -0.15) is 0 Å². The summed E-state index contributed by atoms with van der Waals surface area (Å²) < 4.78 is 0. The van der Waals surface area contributed by atoms with Gasteiger partial charge in [-0.1, -0.05) is 26.0 Å². The first kappa shape index (κ1) is 19.6. The molecular weight excluding hydrogens is 338 g/mol. The van der Waals surface area contributed by atoms with E-state index in [1.54, 1.807) is 6.07 Å². The van der Waals surface area contributed by atoms with E-state index in [-0.39, 0.29) is 23.4 Å². The highest BCUT2D eigenvalue weighted by Gasteiger charge is 2.44. The van der Waals surface area contributed by atoms with Crippen molar-refractivity contribution in [3.05, 3.63) is 51.3 Å². The second-order valence-electron chi connectivity index (χ2n) is 6.06. The second-order valence-corrected chi connectivity index (χ2v) is 6.06. The van der Waals surface area contributed by atoms with Gasteiger partial charge in [0.2, 0.25) is 0 Å². The summed E-state index contributed by atoms with van der Waals surface area (Å²) in [6.07, 6.45) is 0. The Kier molecular flexibility index (Phi) is 6.10. The van der Waals surface area contributed by atoms with E-state index < -0.39 is 28.4 Å². The van der Waals surface area contributed by atoms with Crippen LogP contribution < -0.4 is 0 Å². The van der Waals surface area contributed by atoms with Gasteiger partial charge in [-0.05, 0) is 26.1 Å². The van der Waals surface area contributed by atoms with Crippen LogP contribution in [0.5, 0.6) is 0 Å². The van der Waals surface area contributed by atoms with Crippen molar-refractivity contribution in [2.75, 3.05) is 26.2 Å². The van der Waals surface area contributed by atoms with Crippen LogP contribution in [0.1, 0.15) is 32.4 Å². The molecule has 1 N–H and O–H groups in total. The second kappa shape index (κ2) is 8.09. The average Bonchev–Trinajstić information content (AvgIpc) is 2.87. The van der Waals surface area contributed by atoms with Crippen molar-refractivity contribution in [3.63, 3.8) is 0 Å². The summed E-state index contributed by atoms with van der Waals surface area (Å²) in [4.78, 5) is 38.9. The van der Waals surface area contributed by atoms with Gasteiger partial charge in [0, 0.05) is 19.2 Å². The molecule has 1 aromatic rings. The summed E-state index contributed by atoms with van der Waals surface area (Å²) in [6.45, 7) is 7.58. The van der Waals surface area contributed by atoms with Gasteiger partial charge in [0.15, 0.2) is 11.5 Å². The molecule has 0 fully saturated rings. The molecule has 1 heterocycles. The molecule has 0 aromatic heterocycles. The fourth-order valence-corrected chi connectivity index (χ4v) is 3.24. The van der Waals surface area contributed by atoms with Crippen molar-refractivity contribution >= 4 is 17.4 Å². The SMILES string of the molecule is CCN(CC)CCN1C(=O)C(O)=C(C(C)=O)[C@H]1c1ccccc1[N+](=O)[O-]. The standard InChI is InChI=1S/C18H23N3O5/c1-4-19(5-2)10-11-20-16(15(12(3)22)17(23)18(20)24)13-8-6-7-9-14(13)21(25)26/h6-9,16,23H,4-5,10-11H2,1-3H3/t16-/m1/s1. The molecule has 26 heavy (non-hydrogen) atoms. The van der Waals surface area contributed by atoms with Crippen molar-refractivity contribution in [1.29, 1.82) is 0 Å². The van der Waals surface area contributed by atoms with Crippen molar-refractivity contribution in [1.82, 2.24) is 9.80 Å². The third-order valence-corrected chi connectivity index (χ3v) is 4.66. The molecule has 0 aliphatic carbocycles. The molecule has 1 atom stereocenters. The number of aliphatic hydroxyl groups excluding tert-OH is 1. The Morgan fingerprint density at radius 2 is 1.92 bits per heavy atom. The maximum absolute atomic E-state index is 12.6. The molecule has 0 bridgehead atoms. The summed E-state index contributed by atoms with van der Waals surface area (Å²) in [7, 11) is 0. The molecule has 1 aliphatic heterocycles. The number of benzene rings is 1.